The lowest BCUT2D eigenvalue weighted by molar-refractivity contribution is -0.113. The maximum atomic E-state index is 12.4. The molecule has 2 aromatic carbocycles. The normalized spacial score (nSPS) is 11.7. The zero-order valence-electron chi connectivity index (χ0n) is 16.0. The van der Waals surface area contributed by atoms with Gasteiger partial charge >= 0.3 is 0 Å². The summed E-state index contributed by atoms with van der Waals surface area (Å²) in [5.74, 6) is 0.0431. The summed E-state index contributed by atoms with van der Waals surface area (Å²) in [5, 5.41) is 8.76. The van der Waals surface area contributed by atoms with Crippen LogP contribution in [-0.4, -0.2) is 29.6 Å². The minimum absolute atomic E-state index is 0.0195. The first-order chi connectivity index (χ1) is 13.7. The molecule has 1 aromatic heterocycles. The number of halogens is 1. The summed E-state index contributed by atoms with van der Waals surface area (Å²) >= 11 is 4.75. The zero-order chi connectivity index (χ0) is 21.2. The average Bonchev–Trinajstić information content (AvgIpc) is 3.00. The van der Waals surface area contributed by atoms with Crippen molar-refractivity contribution in [3.63, 3.8) is 0 Å². The van der Waals surface area contributed by atoms with E-state index in [9.17, 15) is 13.2 Å². The lowest BCUT2D eigenvalue weighted by Gasteiger charge is -2.09. The Kier molecular flexibility index (Phi) is 6.67. The van der Waals surface area contributed by atoms with Gasteiger partial charge in [0.1, 0.15) is 0 Å². The lowest BCUT2D eigenvalue weighted by atomic mass is 10.2. The van der Waals surface area contributed by atoms with Gasteiger partial charge in [-0.1, -0.05) is 34.6 Å². The van der Waals surface area contributed by atoms with Crippen molar-refractivity contribution in [1.82, 2.24) is 9.55 Å². The van der Waals surface area contributed by atoms with Crippen molar-refractivity contribution in [2.24, 2.45) is 5.14 Å². The van der Waals surface area contributed by atoms with Crippen LogP contribution in [0, 0.1) is 6.92 Å². The number of nitrogens with one attached hydrogen (secondary N) is 1. The van der Waals surface area contributed by atoms with Gasteiger partial charge in [0.05, 0.1) is 21.7 Å². The number of hydrogen-bond acceptors (Lipinski definition) is 5. The van der Waals surface area contributed by atoms with Crippen molar-refractivity contribution in [2.75, 3.05) is 11.1 Å². The van der Waals surface area contributed by atoms with Crippen LogP contribution in [0.1, 0.15) is 18.9 Å². The summed E-state index contributed by atoms with van der Waals surface area (Å²) in [6.07, 6.45) is 0.875. The van der Waals surface area contributed by atoms with Gasteiger partial charge < -0.3 is 9.88 Å². The summed E-state index contributed by atoms with van der Waals surface area (Å²) in [5.41, 5.74) is 3.11. The van der Waals surface area contributed by atoms with E-state index in [0.29, 0.717) is 17.2 Å². The number of carbonyl (C=O) groups is 1. The first kappa shape index (κ1) is 21.8. The summed E-state index contributed by atoms with van der Waals surface area (Å²) in [7, 11) is -3.80. The number of hydrogen-bond donors (Lipinski definition) is 2. The number of imidazole rings is 1. The number of carbonyl (C=O) groups excluding carboxylic acids is 1. The third-order valence-electron chi connectivity index (χ3n) is 4.23. The number of fused-ring (bicyclic) bond motifs is 1. The largest absolute Gasteiger partial charge is 0.325 e. The number of benzene rings is 2. The Hall–Kier alpha value is -1.88. The van der Waals surface area contributed by atoms with E-state index in [1.165, 1.54) is 23.9 Å². The van der Waals surface area contributed by atoms with Crippen LogP contribution >= 0.6 is 27.7 Å². The van der Waals surface area contributed by atoms with Crippen LogP contribution in [0.15, 0.2) is 50.9 Å². The molecule has 3 aromatic rings. The predicted octanol–water partition coefficient (Wildman–Crippen LogP) is 3.90. The standard InChI is InChI=1S/C19H21BrN4O3S2/c1-3-8-24-17-7-5-14(29(21,26)27)10-16(17)23-19(24)28-11-18(25)22-13-4-6-15(20)12(2)9-13/h4-7,9-10H,3,8,11H2,1-2H3,(H,22,25)(H2,21,26,27). The number of anilines is 1. The highest BCUT2D eigenvalue weighted by molar-refractivity contribution is 9.10. The second-order valence-corrected chi connectivity index (χ2v) is 9.90. The average molecular weight is 497 g/mol. The van der Waals surface area contributed by atoms with Gasteiger partial charge in [-0.2, -0.15) is 0 Å². The topological polar surface area (TPSA) is 107 Å². The number of thioether (sulfide) groups is 1. The molecule has 1 heterocycles. The van der Waals surface area contributed by atoms with E-state index in [4.69, 9.17) is 5.14 Å². The van der Waals surface area contributed by atoms with E-state index < -0.39 is 10.0 Å². The fourth-order valence-corrected chi connectivity index (χ4v) is 4.48. The van der Waals surface area contributed by atoms with Gasteiger partial charge in [-0.05, 0) is 55.3 Å². The summed E-state index contributed by atoms with van der Waals surface area (Å²) < 4.78 is 26.2. The van der Waals surface area contributed by atoms with Gasteiger partial charge in [-0.25, -0.2) is 18.5 Å². The van der Waals surface area contributed by atoms with Gasteiger partial charge in [-0.3, -0.25) is 4.79 Å². The molecule has 0 aliphatic carbocycles. The summed E-state index contributed by atoms with van der Waals surface area (Å²) in [6, 6.07) is 10.3. The Morgan fingerprint density at radius 2 is 2.03 bits per heavy atom. The van der Waals surface area contributed by atoms with Crippen LogP contribution in [0.3, 0.4) is 0 Å². The molecule has 3 N–H and O–H groups in total. The van der Waals surface area contributed by atoms with E-state index in [2.05, 4.69) is 26.2 Å². The number of rotatable bonds is 7. The van der Waals surface area contributed by atoms with Gasteiger partial charge in [-0.15, -0.1) is 0 Å². The fourth-order valence-electron chi connectivity index (χ4n) is 2.86. The van der Waals surface area contributed by atoms with Crippen molar-refractivity contribution < 1.29 is 13.2 Å². The van der Waals surface area contributed by atoms with E-state index in [0.717, 1.165) is 27.7 Å². The molecular weight excluding hydrogens is 476 g/mol. The molecule has 0 unspecified atom stereocenters. The van der Waals surface area contributed by atoms with E-state index in [-0.39, 0.29) is 16.6 Å². The molecule has 3 rings (SSSR count). The number of nitrogens with two attached hydrogens (primary N) is 1. The molecule has 29 heavy (non-hydrogen) atoms. The van der Waals surface area contributed by atoms with Crippen molar-refractivity contribution in [2.45, 2.75) is 36.9 Å². The molecule has 0 atom stereocenters. The molecule has 1 amide bonds. The fraction of sp³-hybridized carbons (Fsp3) is 0.263. The summed E-state index contributed by atoms with van der Waals surface area (Å²) in [6.45, 7) is 4.71. The van der Waals surface area contributed by atoms with Crippen molar-refractivity contribution in [3.8, 4) is 0 Å². The van der Waals surface area contributed by atoms with Gasteiger partial charge in [0.25, 0.3) is 0 Å². The molecule has 0 saturated heterocycles. The lowest BCUT2D eigenvalue weighted by Crippen LogP contribution is -2.14. The van der Waals surface area contributed by atoms with Crippen LogP contribution in [0.4, 0.5) is 5.69 Å². The minimum Gasteiger partial charge on any atom is -0.325 e. The number of sulfonamides is 1. The third-order valence-corrected chi connectivity index (χ3v) is 7.01. The molecule has 10 heteroatoms. The molecule has 154 valence electrons. The predicted molar refractivity (Wildman–Crippen MR) is 120 cm³/mol. The third kappa shape index (κ3) is 5.19. The van der Waals surface area contributed by atoms with Crippen molar-refractivity contribution in [1.29, 1.82) is 0 Å². The highest BCUT2D eigenvalue weighted by atomic mass is 79.9. The Morgan fingerprint density at radius 3 is 2.69 bits per heavy atom. The molecule has 0 radical (unpaired) electrons. The first-order valence-corrected chi connectivity index (χ1v) is 12.2. The van der Waals surface area contributed by atoms with E-state index in [1.54, 1.807) is 6.07 Å². The number of aryl methyl sites for hydroxylation is 2. The highest BCUT2D eigenvalue weighted by Crippen LogP contribution is 2.27. The highest BCUT2D eigenvalue weighted by Gasteiger charge is 2.16. The van der Waals surface area contributed by atoms with Crippen molar-refractivity contribution in [3.05, 3.63) is 46.4 Å². The first-order valence-electron chi connectivity index (χ1n) is 8.91. The number of nitrogens with zero attached hydrogens (tertiary/aromatic N) is 2. The minimum atomic E-state index is -3.80. The van der Waals surface area contributed by atoms with Crippen LogP contribution in [0.5, 0.6) is 0 Å². The second kappa shape index (κ2) is 8.86. The SMILES string of the molecule is CCCn1c(SCC(=O)Nc2ccc(Br)c(C)c2)nc2cc(S(N)(=O)=O)ccc21. The number of amides is 1. The van der Waals surface area contributed by atoms with Crippen LogP contribution in [0.2, 0.25) is 0 Å². The molecule has 7 nitrogen and oxygen atoms in total. The molecule has 0 fully saturated rings. The molecular formula is C19H21BrN4O3S2. The summed E-state index contributed by atoms with van der Waals surface area (Å²) in [4.78, 5) is 16.9. The van der Waals surface area contributed by atoms with Crippen LogP contribution < -0.4 is 10.5 Å². The number of primary sulfonamides is 1. The Balaban J connectivity index is 1.80. The second-order valence-electron chi connectivity index (χ2n) is 6.54. The van der Waals surface area contributed by atoms with E-state index >= 15 is 0 Å². The smallest absolute Gasteiger partial charge is 0.238 e. The Bertz CT molecular complexity index is 1180. The molecule has 0 spiro atoms. The van der Waals surface area contributed by atoms with Crippen LogP contribution in [0.25, 0.3) is 11.0 Å². The Labute approximate surface area is 182 Å². The quantitative estimate of drug-likeness (QED) is 0.482. The molecule has 0 aliphatic rings. The van der Waals surface area contributed by atoms with E-state index in [1.807, 2.05) is 36.6 Å². The van der Waals surface area contributed by atoms with Gasteiger partial charge in [0.2, 0.25) is 15.9 Å². The maximum Gasteiger partial charge on any atom is 0.238 e. The monoisotopic (exact) mass is 496 g/mol. The van der Waals surface area contributed by atoms with Crippen LogP contribution in [-0.2, 0) is 21.4 Å². The maximum absolute atomic E-state index is 12.4. The Morgan fingerprint density at radius 1 is 1.28 bits per heavy atom. The number of aromatic nitrogens is 2. The zero-order valence-corrected chi connectivity index (χ0v) is 19.2. The van der Waals surface area contributed by atoms with Crippen molar-refractivity contribution >= 4 is 60.3 Å². The molecule has 0 aliphatic heterocycles. The molecule has 0 saturated carbocycles. The van der Waals surface area contributed by atoms with Gasteiger partial charge in [0.15, 0.2) is 5.16 Å². The molecule has 0 bridgehead atoms. The van der Waals surface area contributed by atoms with Gasteiger partial charge in [0, 0.05) is 16.7 Å².